The summed E-state index contributed by atoms with van der Waals surface area (Å²) in [6, 6.07) is 8.74. The highest BCUT2D eigenvalue weighted by Gasteiger charge is 2.28. The molecular formula is C20H19N5O4. The lowest BCUT2D eigenvalue weighted by molar-refractivity contribution is 0.0695. The van der Waals surface area contributed by atoms with E-state index in [2.05, 4.69) is 10.1 Å². The van der Waals surface area contributed by atoms with Gasteiger partial charge in [0, 0.05) is 37.1 Å². The lowest BCUT2D eigenvalue weighted by atomic mass is 10.0. The van der Waals surface area contributed by atoms with Crippen LogP contribution in [-0.2, 0) is 0 Å². The van der Waals surface area contributed by atoms with Crippen molar-refractivity contribution in [1.29, 1.82) is 0 Å². The molecule has 0 unspecified atom stereocenters. The van der Waals surface area contributed by atoms with Gasteiger partial charge in [-0.25, -0.2) is 14.3 Å². The van der Waals surface area contributed by atoms with E-state index in [-0.39, 0.29) is 23.3 Å². The molecule has 0 radical (unpaired) electrons. The molecule has 1 aliphatic rings. The SMILES string of the molecule is Cc1cc(=O)n2[nH]cc(C(=O)N3CCC(n4c(=O)oc5ccccc54)CC3)c2n1. The average Bonchev–Trinajstić information content (AvgIpc) is 3.28. The van der Waals surface area contributed by atoms with Crippen LogP contribution in [0.15, 0.2) is 50.5 Å². The topological polar surface area (TPSA) is 106 Å². The van der Waals surface area contributed by atoms with Gasteiger partial charge in [0.2, 0.25) is 0 Å². The summed E-state index contributed by atoms with van der Waals surface area (Å²) in [5.41, 5.74) is 2.36. The fraction of sp³-hybridized carbons (Fsp3) is 0.300. The van der Waals surface area contributed by atoms with Gasteiger partial charge in [-0.1, -0.05) is 12.1 Å². The predicted octanol–water partition coefficient (Wildman–Crippen LogP) is 1.72. The van der Waals surface area contributed by atoms with Gasteiger partial charge in [0.1, 0.15) is 5.56 Å². The van der Waals surface area contributed by atoms with E-state index in [0.29, 0.717) is 48.4 Å². The first kappa shape index (κ1) is 17.5. The van der Waals surface area contributed by atoms with Gasteiger partial charge >= 0.3 is 5.76 Å². The number of piperidine rings is 1. The number of hydrogen-bond donors (Lipinski definition) is 1. The molecule has 0 atom stereocenters. The molecule has 5 rings (SSSR count). The van der Waals surface area contributed by atoms with Crippen LogP contribution >= 0.6 is 0 Å². The number of fused-ring (bicyclic) bond motifs is 2. The minimum Gasteiger partial charge on any atom is -0.408 e. The second kappa shape index (κ2) is 6.47. The summed E-state index contributed by atoms with van der Waals surface area (Å²) in [6.45, 7) is 2.73. The number of oxazole rings is 1. The average molecular weight is 393 g/mol. The zero-order valence-electron chi connectivity index (χ0n) is 15.8. The second-order valence-electron chi connectivity index (χ2n) is 7.31. The highest BCUT2D eigenvalue weighted by molar-refractivity contribution is 5.99. The number of nitrogens with zero attached hydrogens (tertiary/aromatic N) is 4. The number of H-pyrrole nitrogens is 1. The molecule has 4 heterocycles. The second-order valence-corrected chi connectivity index (χ2v) is 7.31. The van der Waals surface area contributed by atoms with E-state index in [0.717, 1.165) is 5.52 Å². The number of aryl methyl sites for hydroxylation is 1. The Morgan fingerprint density at radius 3 is 2.76 bits per heavy atom. The smallest absolute Gasteiger partial charge is 0.408 e. The Morgan fingerprint density at radius 2 is 1.97 bits per heavy atom. The minimum atomic E-state index is -0.369. The van der Waals surface area contributed by atoms with E-state index in [1.807, 2.05) is 18.2 Å². The molecule has 1 N–H and O–H groups in total. The van der Waals surface area contributed by atoms with Crippen molar-refractivity contribution in [2.45, 2.75) is 25.8 Å². The van der Waals surface area contributed by atoms with Crippen molar-refractivity contribution in [3.63, 3.8) is 0 Å². The molecule has 0 saturated carbocycles. The van der Waals surface area contributed by atoms with Crippen LogP contribution in [-0.4, -0.2) is 43.1 Å². The standard InChI is InChI=1S/C20H19N5O4/c1-12-10-17(26)25-18(22-12)14(11-21-25)19(27)23-8-6-13(7-9-23)24-15-4-2-3-5-16(15)29-20(24)28/h2-5,10-11,13,21H,6-9H2,1H3. The molecule has 29 heavy (non-hydrogen) atoms. The van der Waals surface area contributed by atoms with Crippen molar-refractivity contribution in [2.24, 2.45) is 0 Å². The molecule has 0 bridgehead atoms. The van der Waals surface area contributed by atoms with Crippen molar-refractivity contribution >= 4 is 22.7 Å². The molecule has 1 aliphatic heterocycles. The van der Waals surface area contributed by atoms with E-state index in [4.69, 9.17) is 4.42 Å². The molecule has 4 aromatic rings. The monoisotopic (exact) mass is 393 g/mol. The van der Waals surface area contributed by atoms with Crippen LogP contribution in [0.3, 0.4) is 0 Å². The minimum absolute atomic E-state index is 0.0267. The number of carbonyl (C=O) groups excluding carboxylic acids is 1. The van der Waals surface area contributed by atoms with Crippen LogP contribution in [0.5, 0.6) is 0 Å². The number of para-hydroxylation sites is 2. The number of nitrogens with one attached hydrogen (secondary N) is 1. The maximum atomic E-state index is 13.0. The number of amides is 1. The van der Waals surface area contributed by atoms with Crippen LogP contribution in [0.4, 0.5) is 0 Å². The van der Waals surface area contributed by atoms with Crippen molar-refractivity contribution in [3.8, 4) is 0 Å². The van der Waals surface area contributed by atoms with Crippen LogP contribution in [0, 0.1) is 6.92 Å². The third-order valence-corrected chi connectivity index (χ3v) is 5.49. The highest BCUT2D eigenvalue weighted by atomic mass is 16.4. The van der Waals surface area contributed by atoms with E-state index in [1.165, 1.54) is 16.8 Å². The summed E-state index contributed by atoms with van der Waals surface area (Å²) in [7, 11) is 0. The summed E-state index contributed by atoms with van der Waals surface area (Å²) < 4.78 is 8.29. The Balaban J connectivity index is 1.40. The molecule has 0 spiro atoms. The summed E-state index contributed by atoms with van der Waals surface area (Å²) in [4.78, 5) is 43.5. The fourth-order valence-electron chi connectivity index (χ4n) is 4.08. The summed E-state index contributed by atoms with van der Waals surface area (Å²) in [6.07, 6.45) is 2.81. The first-order valence-electron chi connectivity index (χ1n) is 9.50. The third kappa shape index (κ3) is 2.77. The van der Waals surface area contributed by atoms with Crippen LogP contribution < -0.4 is 11.3 Å². The first-order chi connectivity index (χ1) is 14.0. The summed E-state index contributed by atoms with van der Waals surface area (Å²) in [5.74, 6) is -0.546. The van der Waals surface area contributed by atoms with Gasteiger partial charge in [0.25, 0.3) is 11.5 Å². The van der Waals surface area contributed by atoms with Gasteiger partial charge < -0.3 is 9.32 Å². The Kier molecular flexibility index (Phi) is 3.90. The van der Waals surface area contributed by atoms with Gasteiger partial charge in [-0.2, -0.15) is 0 Å². The zero-order valence-corrected chi connectivity index (χ0v) is 15.8. The molecule has 9 nitrogen and oxygen atoms in total. The van der Waals surface area contributed by atoms with E-state index in [9.17, 15) is 14.4 Å². The normalized spacial score (nSPS) is 15.4. The third-order valence-electron chi connectivity index (χ3n) is 5.49. The molecule has 3 aromatic heterocycles. The largest absolute Gasteiger partial charge is 0.420 e. The van der Waals surface area contributed by atoms with Crippen molar-refractivity contribution in [3.05, 3.63) is 68.7 Å². The highest BCUT2D eigenvalue weighted by Crippen LogP contribution is 2.26. The fourth-order valence-corrected chi connectivity index (χ4v) is 4.08. The molecule has 0 aliphatic carbocycles. The molecule has 1 saturated heterocycles. The summed E-state index contributed by atoms with van der Waals surface area (Å²) in [5, 5.41) is 2.80. The molecule has 1 aromatic carbocycles. The van der Waals surface area contributed by atoms with Gasteiger partial charge in [-0.3, -0.25) is 19.3 Å². The lowest BCUT2D eigenvalue weighted by Gasteiger charge is -2.32. The number of rotatable bonds is 2. The van der Waals surface area contributed by atoms with E-state index in [1.54, 1.807) is 22.5 Å². The van der Waals surface area contributed by atoms with Gasteiger partial charge in [0.15, 0.2) is 11.2 Å². The quantitative estimate of drug-likeness (QED) is 0.558. The van der Waals surface area contributed by atoms with Crippen LogP contribution in [0.1, 0.15) is 34.9 Å². The van der Waals surface area contributed by atoms with Crippen molar-refractivity contribution in [2.75, 3.05) is 13.1 Å². The number of aromatic nitrogens is 4. The molecule has 1 fully saturated rings. The molecular weight excluding hydrogens is 374 g/mol. The van der Waals surface area contributed by atoms with E-state index >= 15 is 0 Å². The first-order valence-corrected chi connectivity index (χ1v) is 9.50. The van der Waals surface area contributed by atoms with Crippen LogP contribution in [0.2, 0.25) is 0 Å². The van der Waals surface area contributed by atoms with Crippen LogP contribution in [0.25, 0.3) is 16.7 Å². The number of hydrogen-bond acceptors (Lipinski definition) is 5. The molecule has 9 heteroatoms. The molecule has 148 valence electrons. The Morgan fingerprint density at radius 1 is 1.21 bits per heavy atom. The number of benzene rings is 1. The zero-order chi connectivity index (χ0) is 20.1. The Bertz CT molecular complexity index is 1350. The van der Waals surface area contributed by atoms with Gasteiger partial charge in [-0.05, 0) is 31.9 Å². The maximum absolute atomic E-state index is 13.0. The van der Waals surface area contributed by atoms with Gasteiger partial charge in [0.05, 0.1) is 5.52 Å². The van der Waals surface area contributed by atoms with Crippen molar-refractivity contribution < 1.29 is 9.21 Å². The van der Waals surface area contributed by atoms with E-state index < -0.39 is 0 Å². The number of likely N-dealkylation sites (tertiary alicyclic amines) is 1. The Hall–Kier alpha value is -3.62. The summed E-state index contributed by atoms with van der Waals surface area (Å²) >= 11 is 0. The van der Waals surface area contributed by atoms with Crippen molar-refractivity contribution in [1.82, 2.24) is 24.1 Å². The Labute approximate surface area is 164 Å². The molecule has 1 amide bonds. The lowest BCUT2D eigenvalue weighted by Crippen LogP contribution is -2.40. The number of aromatic amines is 1. The number of carbonyl (C=O) groups is 1. The predicted molar refractivity (Wildman–Crippen MR) is 105 cm³/mol. The van der Waals surface area contributed by atoms with Gasteiger partial charge in [-0.15, -0.1) is 0 Å². The maximum Gasteiger partial charge on any atom is 0.420 e.